The van der Waals surface area contributed by atoms with E-state index in [9.17, 15) is 14.4 Å². The Morgan fingerprint density at radius 1 is 1.46 bits per heavy atom. The van der Waals surface area contributed by atoms with Gasteiger partial charge >= 0.3 is 0 Å². The molecular weight excluding hydrogens is 330 g/mol. The van der Waals surface area contributed by atoms with Crippen LogP contribution in [0.15, 0.2) is 5.38 Å². The first-order valence-electron chi connectivity index (χ1n) is 7.83. The van der Waals surface area contributed by atoms with E-state index in [0.717, 1.165) is 0 Å². The molecule has 0 bridgehead atoms. The van der Waals surface area contributed by atoms with E-state index in [2.05, 4.69) is 15.6 Å². The van der Waals surface area contributed by atoms with E-state index in [1.807, 2.05) is 13.8 Å². The van der Waals surface area contributed by atoms with Gasteiger partial charge in [0, 0.05) is 30.9 Å². The molecule has 1 fully saturated rings. The Morgan fingerprint density at radius 3 is 2.79 bits per heavy atom. The molecule has 132 valence electrons. The number of nitrogens with zero attached hydrogens (tertiary/aromatic N) is 2. The van der Waals surface area contributed by atoms with Crippen LogP contribution in [0.2, 0.25) is 0 Å². The maximum Gasteiger partial charge on any atom is 0.271 e. The van der Waals surface area contributed by atoms with Crippen LogP contribution in [-0.2, 0) is 9.59 Å². The Morgan fingerprint density at radius 2 is 2.17 bits per heavy atom. The topological polar surface area (TPSA) is 117 Å². The number of likely N-dealkylation sites (N-methyl/N-ethyl adjacent to an activating group) is 1. The molecule has 0 radical (unpaired) electrons. The van der Waals surface area contributed by atoms with Crippen molar-refractivity contribution in [2.75, 3.05) is 20.1 Å². The number of hydrogen-bond donors (Lipinski definition) is 3. The molecule has 24 heavy (non-hydrogen) atoms. The fraction of sp³-hybridized carbons (Fsp3) is 0.600. The number of nitrogens with two attached hydrogens (primary N) is 1. The predicted molar refractivity (Wildman–Crippen MR) is 90.4 cm³/mol. The van der Waals surface area contributed by atoms with Gasteiger partial charge in [0.2, 0.25) is 11.8 Å². The van der Waals surface area contributed by atoms with Crippen LogP contribution in [0.3, 0.4) is 0 Å². The third kappa shape index (κ3) is 4.09. The molecule has 0 spiro atoms. The molecule has 1 saturated heterocycles. The van der Waals surface area contributed by atoms with E-state index < -0.39 is 5.91 Å². The predicted octanol–water partition coefficient (Wildman–Crippen LogP) is -0.124. The molecule has 4 N–H and O–H groups in total. The molecule has 1 aromatic rings. The molecule has 1 aliphatic rings. The number of likely N-dealkylation sites (tertiary alicyclic amines) is 1. The highest BCUT2D eigenvalue weighted by atomic mass is 32.1. The van der Waals surface area contributed by atoms with Gasteiger partial charge in [-0.3, -0.25) is 14.4 Å². The van der Waals surface area contributed by atoms with Gasteiger partial charge in [-0.25, -0.2) is 4.98 Å². The maximum atomic E-state index is 12.3. The molecule has 3 amide bonds. The molecule has 8 nitrogen and oxygen atoms in total. The van der Waals surface area contributed by atoms with Crippen molar-refractivity contribution in [3.63, 3.8) is 0 Å². The molecule has 0 unspecified atom stereocenters. The molecule has 2 atom stereocenters. The third-order valence-electron chi connectivity index (χ3n) is 3.84. The Hall–Kier alpha value is -2.00. The summed E-state index contributed by atoms with van der Waals surface area (Å²) in [5.41, 5.74) is 6.26. The average molecular weight is 353 g/mol. The highest BCUT2D eigenvalue weighted by molar-refractivity contribution is 7.09. The van der Waals surface area contributed by atoms with Crippen molar-refractivity contribution in [1.29, 1.82) is 0 Å². The number of aromatic nitrogens is 1. The van der Waals surface area contributed by atoms with Crippen molar-refractivity contribution < 1.29 is 14.4 Å². The van der Waals surface area contributed by atoms with Crippen molar-refractivity contribution in [2.24, 2.45) is 11.7 Å². The van der Waals surface area contributed by atoms with Crippen LogP contribution in [0.1, 0.15) is 41.8 Å². The molecule has 1 aromatic heterocycles. The van der Waals surface area contributed by atoms with Crippen LogP contribution in [0, 0.1) is 5.92 Å². The highest BCUT2D eigenvalue weighted by Crippen LogP contribution is 2.34. The van der Waals surface area contributed by atoms with E-state index in [1.54, 1.807) is 10.3 Å². The van der Waals surface area contributed by atoms with Gasteiger partial charge in [-0.15, -0.1) is 11.3 Å². The molecule has 0 saturated carbocycles. The van der Waals surface area contributed by atoms with Gasteiger partial charge in [0.25, 0.3) is 5.91 Å². The number of carbonyl (C=O) groups is 3. The van der Waals surface area contributed by atoms with Crippen LogP contribution in [0.25, 0.3) is 0 Å². The monoisotopic (exact) mass is 353 g/mol. The van der Waals surface area contributed by atoms with E-state index in [-0.39, 0.29) is 42.1 Å². The summed E-state index contributed by atoms with van der Waals surface area (Å²) in [5, 5.41) is 7.26. The number of hydrogen-bond acceptors (Lipinski definition) is 6. The fourth-order valence-corrected chi connectivity index (χ4v) is 3.49. The van der Waals surface area contributed by atoms with E-state index in [0.29, 0.717) is 18.0 Å². The highest BCUT2D eigenvalue weighted by Gasteiger charge is 2.37. The number of thiazole rings is 1. The first-order chi connectivity index (χ1) is 11.3. The average Bonchev–Trinajstić information content (AvgIpc) is 3.17. The maximum absolute atomic E-state index is 12.3. The lowest BCUT2D eigenvalue weighted by Gasteiger charge is -2.24. The molecule has 0 aliphatic carbocycles. The molecule has 9 heteroatoms. The lowest BCUT2D eigenvalue weighted by atomic mass is 10.1. The van der Waals surface area contributed by atoms with Gasteiger partial charge in [0.1, 0.15) is 10.7 Å². The molecule has 2 heterocycles. The van der Waals surface area contributed by atoms with Gasteiger partial charge < -0.3 is 21.3 Å². The van der Waals surface area contributed by atoms with Gasteiger partial charge in [0.05, 0.1) is 12.6 Å². The SMILES string of the molecule is CNC(=O)CNC(=O)c1csc([C@@H]2C[C@@H](N)CN2C(=O)C(C)C)n1. The number of nitrogens with one attached hydrogen (secondary N) is 2. The normalized spacial score (nSPS) is 20.3. The van der Waals surface area contributed by atoms with Crippen LogP contribution >= 0.6 is 11.3 Å². The minimum absolute atomic E-state index is 0.0359. The van der Waals surface area contributed by atoms with Crippen molar-refractivity contribution in [1.82, 2.24) is 20.5 Å². The number of carbonyl (C=O) groups excluding carboxylic acids is 3. The summed E-state index contributed by atoms with van der Waals surface area (Å²) in [7, 11) is 1.50. The minimum atomic E-state index is -0.412. The van der Waals surface area contributed by atoms with Crippen molar-refractivity contribution >= 4 is 29.1 Å². The summed E-state index contributed by atoms with van der Waals surface area (Å²) in [4.78, 5) is 41.7. The van der Waals surface area contributed by atoms with Crippen LogP contribution < -0.4 is 16.4 Å². The zero-order valence-corrected chi connectivity index (χ0v) is 14.9. The van der Waals surface area contributed by atoms with Gasteiger partial charge in [-0.1, -0.05) is 13.8 Å². The Labute approximate surface area is 144 Å². The van der Waals surface area contributed by atoms with Crippen LogP contribution in [0.5, 0.6) is 0 Å². The summed E-state index contributed by atoms with van der Waals surface area (Å²) < 4.78 is 0. The molecule has 2 rings (SSSR count). The van der Waals surface area contributed by atoms with Gasteiger partial charge in [-0.2, -0.15) is 0 Å². The quantitative estimate of drug-likeness (QED) is 0.682. The second-order valence-electron chi connectivity index (χ2n) is 6.08. The lowest BCUT2D eigenvalue weighted by Crippen LogP contribution is -2.36. The Bertz CT molecular complexity index is 630. The third-order valence-corrected chi connectivity index (χ3v) is 4.78. The van der Waals surface area contributed by atoms with Crippen molar-refractivity contribution in [3.05, 3.63) is 16.1 Å². The summed E-state index contributed by atoms with van der Waals surface area (Å²) in [6.45, 7) is 4.10. The zero-order valence-electron chi connectivity index (χ0n) is 14.0. The van der Waals surface area contributed by atoms with Crippen LogP contribution in [0.4, 0.5) is 0 Å². The summed E-state index contributed by atoms with van der Waals surface area (Å²) in [6.07, 6.45) is 0.630. The summed E-state index contributed by atoms with van der Waals surface area (Å²) in [5.74, 6) is -0.777. The first-order valence-corrected chi connectivity index (χ1v) is 8.71. The van der Waals surface area contributed by atoms with Crippen LogP contribution in [-0.4, -0.2) is 53.8 Å². The number of rotatable bonds is 5. The van der Waals surface area contributed by atoms with Gasteiger partial charge in [0.15, 0.2) is 0 Å². The smallest absolute Gasteiger partial charge is 0.271 e. The van der Waals surface area contributed by atoms with E-state index in [4.69, 9.17) is 5.73 Å². The van der Waals surface area contributed by atoms with Gasteiger partial charge in [-0.05, 0) is 6.42 Å². The molecular formula is C15H23N5O3S. The van der Waals surface area contributed by atoms with E-state index >= 15 is 0 Å². The Balaban J connectivity index is 2.09. The first kappa shape index (κ1) is 18.3. The lowest BCUT2D eigenvalue weighted by molar-refractivity contribution is -0.135. The van der Waals surface area contributed by atoms with Crippen molar-refractivity contribution in [3.8, 4) is 0 Å². The summed E-state index contributed by atoms with van der Waals surface area (Å²) >= 11 is 1.33. The van der Waals surface area contributed by atoms with E-state index in [1.165, 1.54) is 18.4 Å². The molecule has 0 aromatic carbocycles. The second kappa shape index (κ2) is 7.71. The minimum Gasteiger partial charge on any atom is -0.358 e. The fourth-order valence-electron chi connectivity index (χ4n) is 2.56. The largest absolute Gasteiger partial charge is 0.358 e. The Kier molecular flexibility index (Phi) is 5.89. The van der Waals surface area contributed by atoms with Crippen molar-refractivity contribution in [2.45, 2.75) is 32.4 Å². The summed E-state index contributed by atoms with van der Waals surface area (Å²) in [6, 6.07) is -0.285. The number of amides is 3. The zero-order chi connectivity index (χ0) is 17.9. The second-order valence-corrected chi connectivity index (χ2v) is 6.97. The molecule has 1 aliphatic heterocycles. The standard InChI is InChI=1S/C15H23N5O3S/c1-8(2)15(23)20-6-9(16)4-11(20)14-19-10(7-24-14)13(22)18-5-12(21)17-3/h7-9,11H,4-6,16H2,1-3H3,(H,17,21)(H,18,22)/t9-,11+/m1/s1.